The molecule has 1 saturated carbocycles. The Morgan fingerprint density at radius 3 is 2.21 bits per heavy atom. The topological polar surface area (TPSA) is 101 Å². The first-order chi connectivity index (χ1) is 11.3. The molecule has 1 N–H and O–H groups in total. The lowest BCUT2D eigenvalue weighted by Crippen LogP contribution is -2.50. The molecule has 0 saturated heterocycles. The summed E-state index contributed by atoms with van der Waals surface area (Å²) in [5.74, 6) is -1.86. The van der Waals surface area contributed by atoms with Crippen molar-refractivity contribution in [1.82, 2.24) is 10.2 Å². The Morgan fingerprint density at radius 2 is 1.75 bits per heavy atom. The predicted molar refractivity (Wildman–Crippen MR) is 86.2 cm³/mol. The Hall–Kier alpha value is -2.22. The van der Waals surface area contributed by atoms with Crippen molar-refractivity contribution in [1.29, 1.82) is 0 Å². The quantitative estimate of drug-likeness (QED) is 0.747. The molecular formula is C16H18N2O5S. The Bertz CT molecular complexity index is 779. The summed E-state index contributed by atoms with van der Waals surface area (Å²) in [5.41, 5.74) is 0.483. The van der Waals surface area contributed by atoms with Crippen LogP contribution in [0.3, 0.4) is 0 Å². The highest BCUT2D eigenvalue weighted by molar-refractivity contribution is 7.90. The fourth-order valence-electron chi connectivity index (χ4n) is 2.72. The summed E-state index contributed by atoms with van der Waals surface area (Å²) in [5, 5.41) is 2.76. The van der Waals surface area contributed by atoms with E-state index in [-0.39, 0.29) is 29.3 Å². The minimum absolute atomic E-state index is 0.0495. The van der Waals surface area contributed by atoms with Crippen LogP contribution in [0.25, 0.3) is 0 Å². The minimum atomic E-state index is -3.33. The zero-order valence-electron chi connectivity index (χ0n) is 13.2. The third-order valence-corrected chi connectivity index (χ3v) is 5.10. The second-order valence-corrected chi connectivity index (χ2v) is 8.50. The van der Waals surface area contributed by atoms with Crippen LogP contribution in [0.2, 0.25) is 0 Å². The van der Waals surface area contributed by atoms with E-state index in [9.17, 15) is 22.8 Å². The molecule has 1 heterocycles. The van der Waals surface area contributed by atoms with E-state index in [1.165, 1.54) is 12.1 Å². The van der Waals surface area contributed by atoms with Crippen LogP contribution >= 0.6 is 0 Å². The fraction of sp³-hybridized carbons (Fsp3) is 0.438. The van der Waals surface area contributed by atoms with Crippen molar-refractivity contribution in [3.63, 3.8) is 0 Å². The largest absolute Gasteiger partial charge is 0.352 e. The van der Waals surface area contributed by atoms with Crippen LogP contribution in [0.15, 0.2) is 24.3 Å². The normalized spacial score (nSPS) is 18.5. The Morgan fingerprint density at radius 1 is 1.21 bits per heavy atom. The van der Waals surface area contributed by atoms with Gasteiger partial charge in [0.05, 0.1) is 16.9 Å². The van der Waals surface area contributed by atoms with Gasteiger partial charge in [0, 0.05) is 12.3 Å². The van der Waals surface area contributed by atoms with E-state index in [4.69, 9.17) is 0 Å². The maximum atomic E-state index is 12.6. The van der Waals surface area contributed by atoms with Gasteiger partial charge in [-0.2, -0.15) is 0 Å². The number of hydrogen-bond donors (Lipinski definition) is 1. The van der Waals surface area contributed by atoms with Gasteiger partial charge in [0.1, 0.15) is 15.9 Å². The van der Waals surface area contributed by atoms with Crippen LogP contribution in [0.4, 0.5) is 0 Å². The SMILES string of the molecule is CS(=O)(=O)CC[C@@H](C(=O)NC1CC1)N1C(=O)c2ccccc2C1=O. The number of amides is 3. The van der Waals surface area contributed by atoms with E-state index < -0.39 is 33.6 Å². The molecular weight excluding hydrogens is 332 g/mol. The molecule has 1 aliphatic carbocycles. The summed E-state index contributed by atoms with van der Waals surface area (Å²) < 4.78 is 22.9. The number of rotatable bonds is 6. The zero-order chi connectivity index (χ0) is 17.5. The first kappa shape index (κ1) is 16.6. The van der Waals surface area contributed by atoms with Gasteiger partial charge < -0.3 is 5.32 Å². The van der Waals surface area contributed by atoms with Gasteiger partial charge >= 0.3 is 0 Å². The molecule has 1 aliphatic heterocycles. The number of carbonyl (C=O) groups excluding carboxylic acids is 3. The predicted octanol–water partition coefficient (Wildman–Crippen LogP) is 0.365. The molecule has 8 heteroatoms. The summed E-state index contributed by atoms with van der Waals surface area (Å²) in [7, 11) is -3.33. The van der Waals surface area contributed by atoms with Gasteiger partial charge in [-0.3, -0.25) is 19.3 Å². The van der Waals surface area contributed by atoms with Crippen LogP contribution in [0, 0.1) is 0 Å². The summed E-state index contributed by atoms with van der Waals surface area (Å²) in [4.78, 5) is 38.5. The molecule has 1 fully saturated rings. The van der Waals surface area contributed by atoms with Gasteiger partial charge in [0.25, 0.3) is 11.8 Å². The molecule has 0 radical (unpaired) electrons. The number of benzene rings is 1. The summed E-state index contributed by atoms with van der Waals surface area (Å²) in [6.45, 7) is 0. The molecule has 3 amide bonds. The van der Waals surface area contributed by atoms with Crippen molar-refractivity contribution in [3.05, 3.63) is 35.4 Å². The van der Waals surface area contributed by atoms with Crippen LogP contribution in [0.5, 0.6) is 0 Å². The lowest BCUT2D eigenvalue weighted by atomic mass is 10.1. The van der Waals surface area contributed by atoms with Gasteiger partial charge in [-0.15, -0.1) is 0 Å². The molecule has 3 rings (SSSR count). The highest BCUT2D eigenvalue weighted by Crippen LogP contribution is 2.27. The molecule has 0 bridgehead atoms. The monoisotopic (exact) mass is 350 g/mol. The smallest absolute Gasteiger partial charge is 0.262 e. The molecule has 0 unspecified atom stereocenters. The fourth-order valence-corrected chi connectivity index (χ4v) is 3.37. The van der Waals surface area contributed by atoms with Crippen molar-refractivity contribution < 1.29 is 22.8 Å². The first-order valence-electron chi connectivity index (χ1n) is 7.73. The maximum Gasteiger partial charge on any atom is 0.262 e. The van der Waals surface area contributed by atoms with Crippen LogP contribution in [-0.2, 0) is 14.6 Å². The Kier molecular flexibility index (Phi) is 4.16. The van der Waals surface area contributed by atoms with Gasteiger partial charge in [-0.05, 0) is 31.4 Å². The average Bonchev–Trinajstić information content (AvgIpc) is 3.29. The van der Waals surface area contributed by atoms with Crippen molar-refractivity contribution >= 4 is 27.6 Å². The molecule has 2 aliphatic rings. The molecule has 1 atom stereocenters. The van der Waals surface area contributed by atoms with E-state index in [1.807, 2.05) is 0 Å². The van der Waals surface area contributed by atoms with Crippen molar-refractivity contribution in [3.8, 4) is 0 Å². The van der Waals surface area contributed by atoms with E-state index >= 15 is 0 Å². The van der Waals surface area contributed by atoms with Gasteiger partial charge in [-0.25, -0.2) is 8.42 Å². The molecule has 0 spiro atoms. The van der Waals surface area contributed by atoms with E-state index in [0.717, 1.165) is 24.0 Å². The lowest BCUT2D eigenvalue weighted by Gasteiger charge is -2.25. The van der Waals surface area contributed by atoms with Crippen molar-refractivity contribution in [2.75, 3.05) is 12.0 Å². The summed E-state index contributed by atoms with van der Waals surface area (Å²) >= 11 is 0. The van der Waals surface area contributed by atoms with Crippen LogP contribution < -0.4 is 5.32 Å². The van der Waals surface area contributed by atoms with Crippen molar-refractivity contribution in [2.24, 2.45) is 0 Å². The van der Waals surface area contributed by atoms with Crippen molar-refractivity contribution in [2.45, 2.75) is 31.3 Å². The second kappa shape index (κ2) is 6.01. The molecule has 1 aromatic carbocycles. The first-order valence-corrected chi connectivity index (χ1v) is 9.79. The Balaban J connectivity index is 1.88. The number of nitrogens with one attached hydrogen (secondary N) is 1. The number of nitrogens with zero attached hydrogens (tertiary/aromatic N) is 1. The zero-order valence-corrected chi connectivity index (χ0v) is 14.0. The third-order valence-electron chi connectivity index (χ3n) is 4.13. The van der Waals surface area contributed by atoms with Crippen LogP contribution in [0.1, 0.15) is 40.0 Å². The molecule has 1 aromatic rings. The summed E-state index contributed by atoms with van der Waals surface area (Å²) in [6.07, 6.45) is 2.66. The average molecular weight is 350 g/mol. The molecule has 128 valence electrons. The number of carbonyl (C=O) groups is 3. The Labute approximate surface area is 139 Å². The second-order valence-electron chi connectivity index (χ2n) is 6.24. The number of hydrogen-bond acceptors (Lipinski definition) is 5. The highest BCUT2D eigenvalue weighted by Gasteiger charge is 2.43. The lowest BCUT2D eigenvalue weighted by molar-refractivity contribution is -0.125. The number of fused-ring (bicyclic) bond motifs is 1. The van der Waals surface area contributed by atoms with Gasteiger partial charge in [0.2, 0.25) is 5.91 Å². The maximum absolute atomic E-state index is 12.6. The third kappa shape index (κ3) is 3.33. The standard InChI is InChI=1S/C16H18N2O5S/c1-24(22,23)9-8-13(14(19)17-10-6-7-10)18-15(20)11-4-2-3-5-12(11)16(18)21/h2-5,10,13H,6-9H2,1H3,(H,17,19)/t13-/m0/s1. The van der Waals surface area contributed by atoms with E-state index in [0.29, 0.717) is 0 Å². The van der Waals surface area contributed by atoms with Gasteiger partial charge in [0.15, 0.2) is 0 Å². The van der Waals surface area contributed by atoms with E-state index in [2.05, 4.69) is 5.32 Å². The van der Waals surface area contributed by atoms with Crippen LogP contribution in [-0.4, -0.2) is 55.1 Å². The van der Waals surface area contributed by atoms with Gasteiger partial charge in [-0.1, -0.05) is 12.1 Å². The molecule has 7 nitrogen and oxygen atoms in total. The number of sulfone groups is 1. The molecule has 24 heavy (non-hydrogen) atoms. The van der Waals surface area contributed by atoms with E-state index in [1.54, 1.807) is 12.1 Å². The number of imide groups is 1. The molecule has 0 aromatic heterocycles. The highest BCUT2D eigenvalue weighted by atomic mass is 32.2. The summed E-state index contributed by atoms with van der Waals surface area (Å²) in [6, 6.07) is 5.28. The minimum Gasteiger partial charge on any atom is -0.352 e.